The van der Waals surface area contributed by atoms with E-state index in [1.54, 1.807) is 0 Å². The van der Waals surface area contributed by atoms with Crippen LogP contribution in [0, 0.1) is 0 Å². The number of hydrogen-bond donors (Lipinski definition) is 1. The molecule has 2 atom stereocenters. The molecular formula is C20H31N3O2. The number of carbonyl (C=O) groups is 1. The van der Waals surface area contributed by atoms with E-state index in [2.05, 4.69) is 46.3 Å². The Labute approximate surface area is 151 Å². The Kier molecular flexibility index (Phi) is 6.84. The standard InChI is InChI=1S/C20H31N3O2/c1-17(9-12-22-10-5-6-11-22)21-20(24)19-16-23(13-14-25-19)15-18-7-3-2-4-8-18/h2-4,7-8,17,19H,5-6,9-16H2,1H3,(H,21,24)/t17-,19-/m1/s1. The molecule has 0 radical (unpaired) electrons. The zero-order chi connectivity index (χ0) is 17.5. The van der Waals surface area contributed by atoms with Gasteiger partial charge in [-0.15, -0.1) is 0 Å². The molecule has 2 saturated heterocycles. The van der Waals surface area contributed by atoms with Gasteiger partial charge in [0.05, 0.1) is 6.61 Å². The third kappa shape index (κ3) is 5.80. The van der Waals surface area contributed by atoms with E-state index in [0.29, 0.717) is 13.2 Å². The van der Waals surface area contributed by atoms with Gasteiger partial charge < -0.3 is 15.0 Å². The van der Waals surface area contributed by atoms with Crippen LogP contribution in [0.3, 0.4) is 0 Å². The normalized spacial score (nSPS) is 23.5. The molecule has 2 fully saturated rings. The highest BCUT2D eigenvalue weighted by Crippen LogP contribution is 2.12. The molecule has 0 aliphatic carbocycles. The van der Waals surface area contributed by atoms with E-state index in [9.17, 15) is 4.79 Å². The maximum absolute atomic E-state index is 12.5. The number of benzene rings is 1. The van der Waals surface area contributed by atoms with Crippen molar-refractivity contribution in [3.63, 3.8) is 0 Å². The number of rotatable bonds is 7. The molecule has 2 heterocycles. The summed E-state index contributed by atoms with van der Waals surface area (Å²) in [6, 6.07) is 10.6. The first-order valence-electron chi connectivity index (χ1n) is 9.61. The van der Waals surface area contributed by atoms with E-state index in [1.165, 1.54) is 31.5 Å². The van der Waals surface area contributed by atoms with Gasteiger partial charge in [-0.1, -0.05) is 30.3 Å². The second kappa shape index (κ2) is 9.32. The molecule has 2 aliphatic rings. The number of nitrogens with one attached hydrogen (secondary N) is 1. The first-order chi connectivity index (χ1) is 12.2. The van der Waals surface area contributed by atoms with E-state index >= 15 is 0 Å². The van der Waals surface area contributed by atoms with Crippen molar-refractivity contribution in [3.05, 3.63) is 35.9 Å². The van der Waals surface area contributed by atoms with Gasteiger partial charge in [0.2, 0.25) is 0 Å². The molecule has 5 nitrogen and oxygen atoms in total. The zero-order valence-corrected chi connectivity index (χ0v) is 15.3. The molecule has 0 bridgehead atoms. The quantitative estimate of drug-likeness (QED) is 0.820. The summed E-state index contributed by atoms with van der Waals surface area (Å²) in [6.45, 7) is 8.63. The Morgan fingerprint density at radius 2 is 1.96 bits per heavy atom. The highest BCUT2D eigenvalue weighted by atomic mass is 16.5. The average molecular weight is 345 g/mol. The first kappa shape index (κ1) is 18.4. The lowest BCUT2D eigenvalue weighted by molar-refractivity contribution is -0.139. The molecule has 0 spiro atoms. The van der Waals surface area contributed by atoms with Gasteiger partial charge in [0.1, 0.15) is 6.10 Å². The number of morpholine rings is 1. The molecule has 138 valence electrons. The van der Waals surface area contributed by atoms with Crippen LogP contribution in [0.15, 0.2) is 30.3 Å². The fourth-order valence-electron chi connectivity index (χ4n) is 3.64. The summed E-state index contributed by atoms with van der Waals surface area (Å²) >= 11 is 0. The predicted octanol–water partition coefficient (Wildman–Crippen LogP) is 1.88. The second-order valence-corrected chi connectivity index (χ2v) is 7.33. The largest absolute Gasteiger partial charge is 0.366 e. The summed E-state index contributed by atoms with van der Waals surface area (Å²) in [5, 5.41) is 3.14. The third-order valence-corrected chi connectivity index (χ3v) is 5.16. The van der Waals surface area contributed by atoms with Gasteiger partial charge in [-0.2, -0.15) is 0 Å². The SMILES string of the molecule is C[C@H](CCN1CCCC1)NC(=O)[C@H]1CN(Cc2ccccc2)CCO1. The van der Waals surface area contributed by atoms with Crippen molar-refractivity contribution in [2.45, 2.75) is 44.9 Å². The van der Waals surface area contributed by atoms with Gasteiger partial charge in [-0.3, -0.25) is 9.69 Å². The molecule has 1 aromatic rings. The molecule has 5 heteroatoms. The Bertz CT molecular complexity index is 531. The number of ether oxygens (including phenoxy) is 1. The summed E-state index contributed by atoms with van der Waals surface area (Å²) in [7, 11) is 0. The van der Waals surface area contributed by atoms with Crippen molar-refractivity contribution in [1.29, 1.82) is 0 Å². The topological polar surface area (TPSA) is 44.8 Å². The van der Waals surface area contributed by atoms with Crippen LogP contribution in [0.4, 0.5) is 0 Å². The highest BCUT2D eigenvalue weighted by molar-refractivity contribution is 5.81. The molecule has 2 aliphatic heterocycles. The van der Waals surface area contributed by atoms with Gasteiger partial charge in [-0.25, -0.2) is 0 Å². The minimum atomic E-state index is -0.355. The van der Waals surface area contributed by atoms with Crippen molar-refractivity contribution >= 4 is 5.91 Å². The molecule has 1 amide bonds. The van der Waals surface area contributed by atoms with Gasteiger partial charge in [0.25, 0.3) is 5.91 Å². The smallest absolute Gasteiger partial charge is 0.250 e. The van der Waals surface area contributed by atoms with E-state index in [0.717, 1.165) is 26.1 Å². The minimum Gasteiger partial charge on any atom is -0.366 e. The number of amides is 1. The van der Waals surface area contributed by atoms with Crippen LogP contribution >= 0.6 is 0 Å². The third-order valence-electron chi connectivity index (χ3n) is 5.16. The lowest BCUT2D eigenvalue weighted by Crippen LogP contribution is -2.51. The van der Waals surface area contributed by atoms with E-state index in [4.69, 9.17) is 4.74 Å². The van der Waals surface area contributed by atoms with Crippen molar-refractivity contribution in [3.8, 4) is 0 Å². The molecule has 1 aromatic carbocycles. The number of likely N-dealkylation sites (tertiary alicyclic amines) is 1. The summed E-state index contributed by atoms with van der Waals surface area (Å²) in [5.74, 6) is 0.0340. The maximum atomic E-state index is 12.5. The van der Waals surface area contributed by atoms with Gasteiger partial charge >= 0.3 is 0 Å². The zero-order valence-electron chi connectivity index (χ0n) is 15.3. The van der Waals surface area contributed by atoms with Crippen LogP contribution in [0.2, 0.25) is 0 Å². The minimum absolute atomic E-state index is 0.0340. The van der Waals surface area contributed by atoms with E-state index in [-0.39, 0.29) is 18.1 Å². The Balaban J connectivity index is 1.41. The molecule has 0 aromatic heterocycles. The molecule has 0 unspecified atom stereocenters. The van der Waals surface area contributed by atoms with E-state index < -0.39 is 0 Å². The van der Waals surface area contributed by atoms with Crippen LogP contribution in [-0.4, -0.2) is 67.2 Å². The fraction of sp³-hybridized carbons (Fsp3) is 0.650. The van der Waals surface area contributed by atoms with Gasteiger partial charge in [-0.05, 0) is 44.8 Å². The Hall–Kier alpha value is -1.43. The molecule has 1 N–H and O–H groups in total. The van der Waals surface area contributed by atoms with Crippen LogP contribution < -0.4 is 5.32 Å². The number of hydrogen-bond acceptors (Lipinski definition) is 4. The second-order valence-electron chi connectivity index (χ2n) is 7.33. The fourth-order valence-corrected chi connectivity index (χ4v) is 3.64. The van der Waals surface area contributed by atoms with Crippen molar-refractivity contribution in [2.24, 2.45) is 0 Å². The van der Waals surface area contributed by atoms with Crippen LogP contribution in [0.25, 0.3) is 0 Å². The average Bonchev–Trinajstić information content (AvgIpc) is 3.15. The van der Waals surface area contributed by atoms with Crippen LogP contribution in [0.1, 0.15) is 31.7 Å². The molecular weight excluding hydrogens is 314 g/mol. The predicted molar refractivity (Wildman–Crippen MR) is 99.4 cm³/mol. The van der Waals surface area contributed by atoms with Crippen LogP contribution in [-0.2, 0) is 16.1 Å². The summed E-state index contributed by atoms with van der Waals surface area (Å²) in [6.07, 6.45) is 3.28. The lowest BCUT2D eigenvalue weighted by Gasteiger charge is -2.32. The van der Waals surface area contributed by atoms with Crippen molar-refractivity contribution in [2.75, 3.05) is 39.3 Å². The first-order valence-corrected chi connectivity index (χ1v) is 9.61. The Morgan fingerprint density at radius 1 is 1.20 bits per heavy atom. The van der Waals surface area contributed by atoms with Crippen LogP contribution in [0.5, 0.6) is 0 Å². The van der Waals surface area contributed by atoms with Crippen molar-refractivity contribution < 1.29 is 9.53 Å². The highest BCUT2D eigenvalue weighted by Gasteiger charge is 2.27. The summed E-state index contributed by atoms with van der Waals surface area (Å²) in [5.41, 5.74) is 1.28. The van der Waals surface area contributed by atoms with Gasteiger partial charge in [0, 0.05) is 32.2 Å². The lowest BCUT2D eigenvalue weighted by atomic mass is 10.1. The maximum Gasteiger partial charge on any atom is 0.250 e. The summed E-state index contributed by atoms with van der Waals surface area (Å²) in [4.78, 5) is 17.3. The molecule has 3 rings (SSSR count). The monoisotopic (exact) mass is 345 g/mol. The molecule has 25 heavy (non-hydrogen) atoms. The number of carbonyl (C=O) groups excluding carboxylic acids is 1. The van der Waals surface area contributed by atoms with E-state index in [1.807, 2.05) is 6.07 Å². The Morgan fingerprint density at radius 3 is 2.72 bits per heavy atom. The van der Waals surface area contributed by atoms with Gasteiger partial charge in [0.15, 0.2) is 0 Å². The number of nitrogens with zero attached hydrogens (tertiary/aromatic N) is 2. The molecule has 0 saturated carbocycles. The summed E-state index contributed by atoms with van der Waals surface area (Å²) < 4.78 is 5.72. The van der Waals surface area contributed by atoms with Crippen molar-refractivity contribution in [1.82, 2.24) is 15.1 Å².